The SMILES string of the molecule is CCOc1cccc([C@@H]2CC(c3ccc(Cl)cc3)=N[C@@H](c3ccc(C)cc3)N2)c1O. The summed E-state index contributed by atoms with van der Waals surface area (Å²) < 4.78 is 5.59. The molecule has 0 saturated carbocycles. The molecular formula is C25H25ClN2O2. The summed E-state index contributed by atoms with van der Waals surface area (Å²) in [5.41, 5.74) is 5.09. The van der Waals surface area contributed by atoms with Crippen LogP contribution in [0.25, 0.3) is 0 Å². The van der Waals surface area contributed by atoms with E-state index in [1.54, 1.807) is 6.07 Å². The third-order valence-electron chi connectivity index (χ3n) is 5.32. The second kappa shape index (κ2) is 8.90. The number of hydrogen-bond donors (Lipinski definition) is 2. The minimum Gasteiger partial charge on any atom is -0.504 e. The van der Waals surface area contributed by atoms with Gasteiger partial charge in [0.15, 0.2) is 11.5 Å². The number of benzene rings is 3. The van der Waals surface area contributed by atoms with Crippen LogP contribution in [0.3, 0.4) is 0 Å². The van der Waals surface area contributed by atoms with Crippen LogP contribution >= 0.6 is 11.6 Å². The van der Waals surface area contributed by atoms with Crippen molar-refractivity contribution < 1.29 is 9.84 Å². The van der Waals surface area contributed by atoms with E-state index in [1.165, 1.54) is 5.56 Å². The number of aromatic hydroxyl groups is 1. The number of nitrogens with zero attached hydrogens (tertiary/aromatic N) is 1. The van der Waals surface area contributed by atoms with E-state index < -0.39 is 0 Å². The van der Waals surface area contributed by atoms with Gasteiger partial charge in [-0.15, -0.1) is 0 Å². The minimum absolute atomic E-state index is 0.111. The van der Waals surface area contributed by atoms with E-state index in [-0.39, 0.29) is 18.0 Å². The van der Waals surface area contributed by atoms with Gasteiger partial charge in [0.05, 0.1) is 6.61 Å². The average Bonchev–Trinajstić information content (AvgIpc) is 2.76. The van der Waals surface area contributed by atoms with Crippen LogP contribution in [0.5, 0.6) is 11.5 Å². The second-order valence-electron chi connectivity index (χ2n) is 7.45. The highest BCUT2D eigenvalue weighted by Crippen LogP contribution is 2.39. The Hall–Kier alpha value is -2.82. The van der Waals surface area contributed by atoms with E-state index in [0.29, 0.717) is 23.8 Å². The van der Waals surface area contributed by atoms with Crippen molar-refractivity contribution in [2.45, 2.75) is 32.5 Å². The number of phenols is 1. The molecule has 0 aromatic heterocycles. The summed E-state index contributed by atoms with van der Waals surface area (Å²) in [5.74, 6) is 0.677. The Bertz CT molecular complexity index is 1050. The molecule has 1 heterocycles. The highest BCUT2D eigenvalue weighted by molar-refractivity contribution is 6.30. The molecule has 2 atom stereocenters. The Morgan fingerprint density at radius 1 is 1.07 bits per heavy atom. The number of phenolic OH excluding ortho intramolecular Hbond substituents is 1. The van der Waals surface area contributed by atoms with Gasteiger partial charge in [-0.05, 0) is 43.2 Å². The van der Waals surface area contributed by atoms with Gasteiger partial charge in [0, 0.05) is 28.8 Å². The van der Waals surface area contributed by atoms with Crippen molar-refractivity contribution in [3.63, 3.8) is 0 Å². The van der Waals surface area contributed by atoms with E-state index >= 15 is 0 Å². The summed E-state index contributed by atoms with van der Waals surface area (Å²) >= 11 is 6.08. The predicted octanol–water partition coefficient (Wildman–Crippen LogP) is 5.98. The van der Waals surface area contributed by atoms with E-state index in [9.17, 15) is 5.11 Å². The predicted molar refractivity (Wildman–Crippen MR) is 122 cm³/mol. The fourth-order valence-electron chi connectivity index (χ4n) is 3.74. The molecule has 0 amide bonds. The van der Waals surface area contributed by atoms with Crippen molar-refractivity contribution in [3.05, 3.63) is 94.0 Å². The zero-order valence-electron chi connectivity index (χ0n) is 17.1. The van der Waals surface area contributed by atoms with Gasteiger partial charge in [0.2, 0.25) is 0 Å². The molecular weight excluding hydrogens is 396 g/mol. The monoisotopic (exact) mass is 420 g/mol. The summed E-state index contributed by atoms with van der Waals surface area (Å²) in [5, 5.41) is 15.1. The fraction of sp³-hybridized carbons (Fsp3) is 0.240. The molecule has 0 bridgehead atoms. The zero-order chi connectivity index (χ0) is 21.1. The molecule has 0 aliphatic carbocycles. The number of aryl methyl sites for hydroxylation is 1. The van der Waals surface area contributed by atoms with Crippen LogP contribution in [0, 0.1) is 6.92 Å². The number of nitrogens with one attached hydrogen (secondary N) is 1. The summed E-state index contributed by atoms with van der Waals surface area (Å²) in [7, 11) is 0. The van der Waals surface area contributed by atoms with E-state index in [0.717, 1.165) is 22.4 Å². The first-order chi connectivity index (χ1) is 14.5. The summed E-state index contributed by atoms with van der Waals surface area (Å²) in [6.07, 6.45) is 0.429. The normalized spacial score (nSPS) is 18.7. The molecule has 4 nitrogen and oxygen atoms in total. The van der Waals surface area contributed by atoms with Crippen LogP contribution in [0.15, 0.2) is 71.7 Å². The summed E-state index contributed by atoms with van der Waals surface area (Å²) in [6.45, 7) is 4.48. The fourth-order valence-corrected chi connectivity index (χ4v) is 3.86. The Morgan fingerprint density at radius 2 is 1.80 bits per heavy atom. The lowest BCUT2D eigenvalue weighted by Crippen LogP contribution is -2.33. The number of ether oxygens (including phenoxy) is 1. The maximum absolute atomic E-state index is 10.8. The van der Waals surface area contributed by atoms with Gasteiger partial charge in [0.25, 0.3) is 0 Å². The lowest BCUT2D eigenvalue weighted by molar-refractivity contribution is 0.313. The van der Waals surface area contributed by atoms with Crippen molar-refractivity contribution in [2.24, 2.45) is 4.99 Å². The molecule has 3 aromatic carbocycles. The number of aliphatic imine (C=N–C) groups is 1. The molecule has 0 unspecified atom stereocenters. The highest BCUT2D eigenvalue weighted by Gasteiger charge is 2.28. The van der Waals surface area contributed by atoms with Crippen LogP contribution in [0.2, 0.25) is 5.02 Å². The van der Waals surface area contributed by atoms with Crippen LogP contribution in [0.4, 0.5) is 0 Å². The van der Waals surface area contributed by atoms with Crippen LogP contribution in [-0.4, -0.2) is 17.4 Å². The molecule has 1 aliphatic rings. The molecule has 30 heavy (non-hydrogen) atoms. The van der Waals surface area contributed by atoms with Gasteiger partial charge >= 0.3 is 0 Å². The third kappa shape index (κ3) is 4.35. The quantitative estimate of drug-likeness (QED) is 0.534. The van der Waals surface area contributed by atoms with Gasteiger partial charge in [0.1, 0.15) is 6.17 Å². The Morgan fingerprint density at radius 3 is 2.50 bits per heavy atom. The van der Waals surface area contributed by atoms with Crippen molar-refractivity contribution in [3.8, 4) is 11.5 Å². The molecule has 1 aliphatic heterocycles. The topological polar surface area (TPSA) is 53.8 Å². The van der Waals surface area contributed by atoms with Gasteiger partial charge in [-0.3, -0.25) is 10.3 Å². The molecule has 154 valence electrons. The number of hydrogen-bond acceptors (Lipinski definition) is 4. The Kier molecular flexibility index (Phi) is 6.07. The molecule has 0 fully saturated rings. The number of halogens is 1. The van der Waals surface area contributed by atoms with Gasteiger partial charge in [-0.25, -0.2) is 0 Å². The highest BCUT2D eigenvalue weighted by atomic mass is 35.5. The molecule has 5 heteroatoms. The van der Waals surface area contributed by atoms with Gasteiger partial charge in [-0.1, -0.05) is 65.7 Å². The molecule has 3 aromatic rings. The lowest BCUT2D eigenvalue weighted by Gasteiger charge is -2.31. The van der Waals surface area contributed by atoms with Crippen molar-refractivity contribution >= 4 is 17.3 Å². The van der Waals surface area contributed by atoms with E-state index in [2.05, 4.69) is 36.5 Å². The van der Waals surface area contributed by atoms with Gasteiger partial charge < -0.3 is 9.84 Å². The summed E-state index contributed by atoms with van der Waals surface area (Å²) in [4.78, 5) is 5.00. The molecule has 0 saturated heterocycles. The lowest BCUT2D eigenvalue weighted by atomic mass is 9.93. The first-order valence-corrected chi connectivity index (χ1v) is 10.5. The van der Waals surface area contributed by atoms with Gasteiger partial charge in [-0.2, -0.15) is 0 Å². The first-order valence-electron chi connectivity index (χ1n) is 10.1. The maximum Gasteiger partial charge on any atom is 0.162 e. The average molecular weight is 421 g/mol. The first kappa shape index (κ1) is 20.5. The molecule has 0 spiro atoms. The van der Waals surface area contributed by atoms with Crippen molar-refractivity contribution in [1.82, 2.24) is 5.32 Å². The van der Waals surface area contributed by atoms with E-state index in [1.807, 2.05) is 43.3 Å². The van der Waals surface area contributed by atoms with Crippen LogP contribution in [0.1, 0.15) is 47.8 Å². The number of rotatable bonds is 5. The van der Waals surface area contributed by atoms with Crippen LogP contribution in [-0.2, 0) is 0 Å². The van der Waals surface area contributed by atoms with E-state index in [4.69, 9.17) is 21.3 Å². The Balaban J connectivity index is 1.74. The van der Waals surface area contributed by atoms with Crippen molar-refractivity contribution in [2.75, 3.05) is 6.61 Å². The standard InChI is InChI=1S/C25H25ClN2O2/c1-3-30-23-6-4-5-20(24(23)29)22-15-21(17-11-13-19(26)14-12-17)27-25(28-22)18-9-7-16(2)8-10-18/h4-14,22,25,28-29H,3,15H2,1-2H3/t22-,25+/m0/s1. The molecule has 2 N–H and O–H groups in total. The van der Waals surface area contributed by atoms with Crippen molar-refractivity contribution in [1.29, 1.82) is 0 Å². The maximum atomic E-state index is 10.8. The molecule has 4 rings (SSSR count). The Labute approximate surface area is 182 Å². The third-order valence-corrected chi connectivity index (χ3v) is 5.57. The number of para-hydroxylation sites is 1. The largest absolute Gasteiger partial charge is 0.504 e. The minimum atomic E-state index is -0.217. The summed E-state index contributed by atoms with van der Waals surface area (Å²) in [6, 6.07) is 21.6. The smallest absolute Gasteiger partial charge is 0.162 e. The second-order valence-corrected chi connectivity index (χ2v) is 7.88. The zero-order valence-corrected chi connectivity index (χ0v) is 17.9. The molecule has 0 radical (unpaired) electrons. The van der Waals surface area contributed by atoms with Crippen LogP contribution < -0.4 is 10.1 Å².